The molecule has 1 aromatic rings. The molecule has 6 heteroatoms. The zero-order chi connectivity index (χ0) is 14.8. The minimum Gasteiger partial charge on any atom is -0.309 e. The van der Waals surface area contributed by atoms with Crippen molar-refractivity contribution in [3.8, 4) is 0 Å². The topological polar surface area (TPSA) is 12.0 Å². The molecule has 2 unspecified atom stereocenters. The third-order valence-corrected chi connectivity index (χ3v) is 4.34. The molecule has 1 N–H and O–H groups in total. The third kappa shape index (κ3) is 4.03. The van der Waals surface area contributed by atoms with E-state index >= 15 is 0 Å². The number of nitrogens with one attached hydrogen (secondary N) is 1. The molecule has 0 aliphatic heterocycles. The number of halogens is 5. The first-order valence-corrected chi connectivity index (χ1v) is 7.37. The molecule has 1 aliphatic rings. The zero-order valence-electron chi connectivity index (χ0n) is 10.8. The summed E-state index contributed by atoms with van der Waals surface area (Å²) in [5, 5.41) is 4.00. The molecule has 0 spiro atoms. The van der Waals surface area contributed by atoms with Gasteiger partial charge in [-0.1, -0.05) is 42.1 Å². The molecule has 1 aromatic carbocycles. The fourth-order valence-corrected chi connectivity index (χ4v) is 3.15. The van der Waals surface area contributed by atoms with Crippen molar-refractivity contribution in [1.82, 2.24) is 5.32 Å². The normalized spacial score (nSPS) is 23.9. The van der Waals surface area contributed by atoms with E-state index in [-0.39, 0.29) is 6.42 Å². The first-order valence-electron chi connectivity index (χ1n) is 6.62. The summed E-state index contributed by atoms with van der Waals surface area (Å²) in [6.07, 6.45) is -1.91. The Bertz CT molecular complexity index is 462. The highest BCUT2D eigenvalue weighted by atomic mass is 35.5. The van der Waals surface area contributed by atoms with Crippen LogP contribution in [0.2, 0.25) is 10.0 Å². The standard InChI is InChI=1S/C14H16Cl2F3N/c15-10-6-5-9(12(16)7-10)8-20-13-4-2-1-3-11(13)14(17,18)19/h5-7,11,13,20H,1-4,8H2. The van der Waals surface area contributed by atoms with E-state index < -0.39 is 18.1 Å². The van der Waals surface area contributed by atoms with E-state index in [0.29, 0.717) is 29.4 Å². The Morgan fingerprint density at radius 2 is 1.85 bits per heavy atom. The molecule has 2 rings (SSSR count). The van der Waals surface area contributed by atoms with Crippen LogP contribution < -0.4 is 5.32 Å². The van der Waals surface area contributed by atoms with Crippen molar-refractivity contribution in [2.75, 3.05) is 0 Å². The number of hydrogen-bond acceptors (Lipinski definition) is 1. The highest BCUT2D eigenvalue weighted by Crippen LogP contribution is 2.38. The molecule has 20 heavy (non-hydrogen) atoms. The largest absolute Gasteiger partial charge is 0.393 e. The van der Waals surface area contributed by atoms with E-state index in [9.17, 15) is 13.2 Å². The molecule has 0 heterocycles. The van der Waals surface area contributed by atoms with Gasteiger partial charge in [0.25, 0.3) is 0 Å². The van der Waals surface area contributed by atoms with Crippen molar-refractivity contribution in [3.63, 3.8) is 0 Å². The van der Waals surface area contributed by atoms with Crippen LogP contribution in [0, 0.1) is 5.92 Å². The maximum absolute atomic E-state index is 13.0. The summed E-state index contributed by atoms with van der Waals surface area (Å²) < 4.78 is 38.9. The molecular formula is C14H16Cl2F3N. The highest BCUT2D eigenvalue weighted by Gasteiger charge is 2.45. The van der Waals surface area contributed by atoms with Crippen molar-refractivity contribution in [2.45, 2.75) is 44.4 Å². The molecular weight excluding hydrogens is 310 g/mol. The van der Waals surface area contributed by atoms with Crippen LogP contribution in [0.15, 0.2) is 18.2 Å². The highest BCUT2D eigenvalue weighted by molar-refractivity contribution is 6.35. The Morgan fingerprint density at radius 3 is 2.50 bits per heavy atom. The van der Waals surface area contributed by atoms with Gasteiger partial charge in [-0.15, -0.1) is 0 Å². The minimum absolute atomic E-state index is 0.204. The van der Waals surface area contributed by atoms with Gasteiger partial charge in [-0.2, -0.15) is 13.2 Å². The van der Waals surface area contributed by atoms with Gasteiger partial charge < -0.3 is 5.32 Å². The van der Waals surface area contributed by atoms with Gasteiger partial charge in [0.15, 0.2) is 0 Å². The molecule has 1 fully saturated rings. The molecule has 2 atom stereocenters. The summed E-state index contributed by atoms with van der Waals surface area (Å²) in [5.74, 6) is -1.26. The maximum Gasteiger partial charge on any atom is 0.393 e. The summed E-state index contributed by atoms with van der Waals surface area (Å²) in [6.45, 7) is 0.327. The second-order valence-electron chi connectivity index (χ2n) is 5.16. The summed E-state index contributed by atoms with van der Waals surface area (Å²) >= 11 is 11.8. The lowest BCUT2D eigenvalue weighted by molar-refractivity contribution is -0.189. The van der Waals surface area contributed by atoms with Crippen molar-refractivity contribution in [3.05, 3.63) is 33.8 Å². The smallest absolute Gasteiger partial charge is 0.309 e. The first kappa shape index (κ1) is 15.9. The fourth-order valence-electron chi connectivity index (χ4n) is 2.67. The Kier molecular flexibility index (Phi) is 5.21. The molecule has 1 aliphatic carbocycles. The van der Waals surface area contributed by atoms with Crippen molar-refractivity contribution in [1.29, 1.82) is 0 Å². The van der Waals surface area contributed by atoms with Crippen LogP contribution in [0.3, 0.4) is 0 Å². The van der Waals surface area contributed by atoms with E-state index in [1.165, 1.54) is 0 Å². The van der Waals surface area contributed by atoms with Crippen LogP contribution in [0.25, 0.3) is 0 Å². The average molecular weight is 326 g/mol. The lowest BCUT2D eigenvalue weighted by Gasteiger charge is -2.33. The van der Waals surface area contributed by atoms with Gasteiger partial charge in [0.2, 0.25) is 0 Å². The van der Waals surface area contributed by atoms with Crippen molar-refractivity contribution in [2.24, 2.45) is 5.92 Å². The summed E-state index contributed by atoms with van der Waals surface area (Å²) in [5.41, 5.74) is 0.766. The third-order valence-electron chi connectivity index (χ3n) is 3.76. The second-order valence-corrected chi connectivity index (χ2v) is 6.00. The minimum atomic E-state index is -4.14. The van der Waals surface area contributed by atoms with Gasteiger partial charge in [0, 0.05) is 22.6 Å². The lowest BCUT2D eigenvalue weighted by atomic mass is 9.84. The Morgan fingerprint density at radius 1 is 1.15 bits per heavy atom. The maximum atomic E-state index is 13.0. The second kappa shape index (κ2) is 6.54. The SMILES string of the molecule is FC(F)(F)C1CCCCC1NCc1ccc(Cl)cc1Cl. The molecule has 112 valence electrons. The number of benzene rings is 1. The van der Waals surface area contributed by atoms with Gasteiger partial charge in [0.1, 0.15) is 0 Å². The van der Waals surface area contributed by atoms with Gasteiger partial charge in [-0.25, -0.2) is 0 Å². The van der Waals surface area contributed by atoms with Crippen LogP contribution in [0.4, 0.5) is 13.2 Å². The molecule has 1 saturated carbocycles. The van der Waals surface area contributed by atoms with Crippen LogP contribution >= 0.6 is 23.2 Å². The Hall–Kier alpha value is -0.450. The summed E-state index contributed by atoms with van der Waals surface area (Å²) in [7, 11) is 0. The predicted octanol–water partition coefficient (Wildman–Crippen LogP) is 5.20. The predicted molar refractivity (Wildman–Crippen MR) is 75.1 cm³/mol. The number of hydrogen-bond donors (Lipinski definition) is 1. The zero-order valence-corrected chi connectivity index (χ0v) is 12.3. The van der Waals surface area contributed by atoms with E-state index in [1.807, 2.05) is 0 Å². The van der Waals surface area contributed by atoms with Crippen LogP contribution in [0.5, 0.6) is 0 Å². The van der Waals surface area contributed by atoms with Gasteiger partial charge >= 0.3 is 6.18 Å². The van der Waals surface area contributed by atoms with Crippen LogP contribution in [0.1, 0.15) is 31.2 Å². The summed E-state index contributed by atoms with van der Waals surface area (Å²) in [4.78, 5) is 0. The first-order chi connectivity index (χ1) is 9.38. The molecule has 1 nitrogen and oxygen atoms in total. The van der Waals surface area contributed by atoms with Crippen LogP contribution in [-0.4, -0.2) is 12.2 Å². The van der Waals surface area contributed by atoms with E-state index in [1.54, 1.807) is 18.2 Å². The van der Waals surface area contributed by atoms with Crippen molar-refractivity contribution >= 4 is 23.2 Å². The van der Waals surface area contributed by atoms with Gasteiger partial charge in [0.05, 0.1) is 5.92 Å². The number of rotatable bonds is 3. The summed E-state index contributed by atoms with van der Waals surface area (Å²) in [6, 6.07) is 4.49. The van der Waals surface area contributed by atoms with Gasteiger partial charge in [-0.3, -0.25) is 0 Å². The van der Waals surface area contributed by atoms with E-state index in [2.05, 4.69) is 5.32 Å². The molecule has 0 radical (unpaired) electrons. The van der Waals surface area contributed by atoms with E-state index in [0.717, 1.165) is 12.0 Å². The molecule has 0 saturated heterocycles. The molecule has 0 amide bonds. The fraction of sp³-hybridized carbons (Fsp3) is 0.571. The van der Waals surface area contributed by atoms with E-state index in [4.69, 9.17) is 23.2 Å². The Labute approximate surface area is 126 Å². The lowest BCUT2D eigenvalue weighted by Crippen LogP contribution is -2.45. The van der Waals surface area contributed by atoms with Gasteiger partial charge in [-0.05, 0) is 30.5 Å². The quantitative estimate of drug-likeness (QED) is 0.804. The molecule has 0 aromatic heterocycles. The number of alkyl halides is 3. The molecule has 0 bridgehead atoms. The average Bonchev–Trinajstić information content (AvgIpc) is 2.37. The monoisotopic (exact) mass is 325 g/mol. The van der Waals surface area contributed by atoms with Crippen LogP contribution in [-0.2, 0) is 6.54 Å². The van der Waals surface area contributed by atoms with Crippen molar-refractivity contribution < 1.29 is 13.2 Å². The Balaban J connectivity index is 2.01.